The molecule has 0 saturated carbocycles. The van der Waals surface area contributed by atoms with E-state index in [1.807, 2.05) is 31.2 Å². The van der Waals surface area contributed by atoms with Crippen LogP contribution in [0.4, 0.5) is 17.5 Å². The van der Waals surface area contributed by atoms with Gasteiger partial charge in [0, 0.05) is 24.0 Å². The molecule has 24 heavy (non-hydrogen) atoms. The normalized spacial score (nSPS) is 14.2. The molecule has 0 radical (unpaired) electrons. The molecule has 1 aromatic heterocycles. The zero-order valence-corrected chi connectivity index (χ0v) is 14.6. The molecule has 1 aliphatic carbocycles. The number of nitrogens with one attached hydrogen (secondary N) is 2. The van der Waals surface area contributed by atoms with E-state index >= 15 is 0 Å². The second kappa shape index (κ2) is 7.95. The van der Waals surface area contributed by atoms with E-state index in [0.29, 0.717) is 5.95 Å². The SMILES string of the molecule is Cc1cc(NCCC2=CCCCC2)nc(Nc2ccccc2C)n1. The summed E-state index contributed by atoms with van der Waals surface area (Å²) in [5.41, 5.74) is 4.76. The second-order valence-corrected chi connectivity index (χ2v) is 6.44. The summed E-state index contributed by atoms with van der Waals surface area (Å²) in [5, 5.41) is 6.76. The van der Waals surface area contributed by atoms with Crippen LogP contribution in [0.3, 0.4) is 0 Å². The minimum atomic E-state index is 0.642. The van der Waals surface area contributed by atoms with Crippen LogP contribution in [-0.4, -0.2) is 16.5 Å². The zero-order chi connectivity index (χ0) is 16.8. The van der Waals surface area contributed by atoms with Crippen LogP contribution in [0.15, 0.2) is 42.0 Å². The van der Waals surface area contributed by atoms with Gasteiger partial charge >= 0.3 is 0 Å². The summed E-state index contributed by atoms with van der Waals surface area (Å²) in [6.07, 6.45) is 8.68. The molecule has 3 rings (SSSR count). The van der Waals surface area contributed by atoms with Gasteiger partial charge in [-0.25, -0.2) is 4.98 Å². The van der Waals surface area contributed by atoms with Crippen molar-refractivity contribution in [1.82, 2.24) is 9.97 Å². The number of hydrogen-bond acceptors (Lipinski definition) is 4. The molecule has 4 nitrogen and oxygen atoms in total. The van der Waals surface area contributed by atoms with Crippen LogP contribution in [0.5, 0.6) is 0 Å². The van der Waals surface area contributed by atoms with Crippen LogP contribution >= 0.6 is 0 Å². The Bertz CT molecular complexity index is 721. The first kappa shape index (κ1) is 16.5. The molecule has 0 amide bonds. The maximum atomic E-state index is 4.60. The van der Waals surface area contributed by atoms with E-state index in [1.54, 1.807) is 5.57 Å². The molecule has 2 N–H and O–H groups in total. The molecule has 0 fully saturated rings. The Morgan fingerprint density at radius 1 is 1.08 bits per heavy atom. The van der Waals surface area contributed by atoms with Gasteiger partial charge < -0.3 is 10.6 Å². The Balaban J connectivity index is 1.63. The van der Waals surface area contributed by atoms with Gasteiger partial charge in [-0.05, 0) is 57.6 Å². The Morgan fingerprint density at radius 3 is 2.75 bits per heavy atom. The smallest absolute Gasteiger partial charge is 0.229 e. The largest absolute Gasteiger partial charge is 0.370 e. The lowest BCUT2D eigenvalue weighted by Crippen LogP contribution is -2.08. The third-order valence-electron chi connectivity index (χ3n) is 4.38. The van der Waals surface area contributed by atoms with Crippen LogP contribution in [0.25, 0.3) is 0 Å². The summed E-state index contributed by atoms with van der Waals surface area (Å²) in [4.78, 5) is 9.09. The van der Waals surface area contributed by atoms with E-state index in [4.69, 9.17) is 0 Å². The van der Waals surface area contributed by atoms with Crippen molar-refractivity contribution in [3.05, 3.63) is 53.2 Å². The van der Waals surface area contributed by atoms with Crippen molar-refractivity contribution in [2.75, 3.05) is 17.2 Å². The molecule has 4 heteroatoms. The Kier molecular flexibility index (Phi) is 5.47. The highest BCUT2D eigenvalue weighted by molar-refractivity contribution is 5.59. The summed E-state index contributed by atoms with van der Waals surface area (Å²) in [6.45, 7) is 5.00. The number of anilines is 3. The van der Waals surface area contributed by atoms with Gasteiger partial charge in [-0.3, -0.25) is 0 Å². The van der Waals surface area contributed by atoms with Crippen molar-refractivity contribution in [3.8, 4) is 0 Å². The Morgan fingerprint density at radius 2 is 1.96 bits per heavy atom. The molecule has 2 aromatic rings. The molecule has 1 heterocycles. The monoisotopic (exact) mass is 322 g/mol. The molecule has 0 unspecified atom stereocenters. The molecular weight excluding hydrogens is 296 g/mol. The second-order valence-electron chi connectivity index (χ2n) is 6.44. The summed E-state index contributed by atoms with van der Waals surface area (Å²) in [6, 6.07) is 10.2. The van der Waals surface area contributed by atoms with E-state index in [-0.39, 0.29) is 0 Å². The van der Waals surface area contributed by atoms with Crippen LogP contribution < -0.4 is 10.6 Å². The molecule has 0 aliphatic heterocycles. The minimum absolute atomic E-state index is 0.642. The quantitative estimate of drug-likeness (QED) is 0.723. The summed E-state index contributed by atoms with van der Waals surface area (Å²) < 4.78 is 0. The van der Waals surface area contributed by atoms with Crippen LogP contribution in [0.1, 0.15) is 43.4 Å². The van der Waals surface area contributed by atoms with Crippen molar-refractivity contribution in [2.24, 2.45) is 0 Å². The van der Waals surface area contributed by atoms with Gasteiger partial charge in [-0.2, -0.15) is 4.98 Å². The first-order valence-corrected chi connectivity index (χ1v) is 8.81. The maximum absolute atomic E-state index is 4.60. The van der Waals surface area contributed by atoms with E-state index in [9.17, 15) is 0 Å². The fraction of sp³-hybridized carbons (Fsp3) is 0.400. The van der Waals surface area contributed by atoms with E-state index in [1.165, 1.54) is 31.2 Å². The minimum Gasteiger partial charge on any atom is -0.370 e. The summed E-state index contributed by atoms with van der Waals surface area (Å²) in [5.74, 6) is 1.53. The predicted octanol–water partition coefficient (Wildman–Crippen LogP) is 5.14. The van der Waals surface area contributed by atoms with Crippen molar-refractivity contribution < 1.29 is 0 Å². The standard InChI is InChI=1S/C20H26N4/c1-15-8-6-7-11-18(15)23-20-22-16(2)14-19(24-20)21-13-12-17-9-4-3-5-10-17/h6-9,11,14H,3-5,10,12-13H2,1-2H3,(H2,21,22,23,24). The third kappa shape index (κ3) is 4.57. The van der Waals surface area contributed by atoms with Crippen molar-refractivity contribution in [2.45, 2.75) is 46.0 Å². The van der Waals surface area contributed by atoms with Crippen molar-refractivity contribution >= 4 is 17.5 Å². The van der Waals surface area contributed by atoms with Gasteiger partial charge in [0.05, 0.1) is 0 Å². The van der Waals surface area contributed by atoms with E-state index < -0.39 is 0 Å². The molecule has 0 atom stereocenters. The number of benzene rings is 1. The molecule has 0 spiro atoms. The zero-order valence-electron chi connectivity index (χ0n) is 14.6. The molecule has 0 bridgehead atoms. The first-order chi connectivity index (χ1) is 11.7. The highest BCUT2D eigenvalue weighted by Gasteiger charge is 2.06. The number of aromatic nitrogens is 2. The van der Waals surface area contributed by atoms with Gasteiger partial charge in [0.2, 0.25) is 5.95 Å². The number of hydrogen-bond donors (Lipinski definition) is 2. The Hall–Kier alpha value is -2.36. The highest BCUT2D eigenvalue weighted by Crippen LogP contribution is 2.21. The van der Waals surface area contributed by atoms with Gasteiger partial charge in [-0.1, -0.05) is 29.8 Å². The average molecular weight is 322 g/mol. The van der Waals surface area contributed by atoms with E-state index in [0.717, 1.165) is 30.2 Å². The molecule has 1 aliphatic rings. The Labute approximate surface area is 144 Å². The average Bonchev–Trinajstić information content (AvgIpc) is 2.57. The van der Waals surface area contributed by atoms with Gasteiger partial charge in [-0.15, -0.1) is 0 Å². The van der Waals surface area contributed by atoms with Crippen molar-refractivity contribution in [3.63, 3.8) is 0 Å². The van der Waals surface area contributed by atoms with Crippen molar-refractivity contribution in [1.29, 1.82) is 0 Å². The molecule has 1 aromatic carbocycles. The van der Waals surface area contributed by atoms with Crippen LogP contribution in [0.2, 0.25) is 0 Å². The van der Waals surface area contributed by atoms with Crippen LogP contribution in [0, 0.1) is 13.8 Å². The highest BCUT2D eigenvalue weighted by atomic mass is 15.1. The van der Waals surface area contributed by atoms with Gasteiger partial charge in [0.25, 0.3) is 0 Å². The topological polar surface area (TPSA) is 49.8 Å². The lowest BCUT2D eigenvalue weighted by atomic mass is 9.97. The predicted molar refractivity (Wildman–Crippen MR) is 101 cm³/mol. The number of para-hydroxylation sites is 1. The van der Waals surface area contributed by atoms with Gasteiger partial charge in [0.1, 0.15) is 5.82 Å². The fourth-order valence-corrected chi connectivity index (χ4v) is 3.03. The lowest BCUT2D eigenvalue weighted by Gasteiger charge is -2.14. The molecular formula is C20H26N4. The maximum Gasteiger partial charge on any atom is 0.229 e. The molecule has 0 saturated heterocycles. The first-order valence-electron chi connectivity index (χ1n) is 8.81. The summed E-state index contributed by atoms with van der Waals surface area (Å²) >= 11 is 0. The van der Waals surface area contributed by atoms with E-state index in [2.05, 4.69) is 39.7 Å². The third-order valence-corrected chi connectivity index (χ3v) is 4.38. The molecule has 126 valence electrons. The van der Waals surface area contributed by atoms with Gasteiger partial charge in [0.15, 0.2) is 0 Å². The van der Waals surface area contributed by atoms with Crippen LogP contribution in [-0.2, 0) is 0 Å². The lowest BCUT2D eigenvalue weighted by molar-refractivity contribution is 0.679. The summed E-state index contributed by atoms with van der Waals surface area (Å²) in [7, 11) is 0. The fourth-order valence-electron chi connectivity index (χ4n) is 3.03. The number of nitrogens with zero attached hydrogens (tertiary/aromatic N) is 2. The number of aryl methyl sites for hydroxylation is 2. The number of rotatable bonds is 6. The number of allylic oxidation sites excluding steroid dienone is 1.